The highest BCUT2D eigenvalue weighted by Gasteiger charge is 2.21. The molecule has 0 amide bonds. The highest BCUT2D eigenvalue weighted by atomic mass is 16.6. The van der Waals surface area contributed by atoms with Gasteiger partial charge in [0, 0.05) is 0 Å². The molecule has 0 unspecified atom stereocenters. The van der Waals surface area contributed by atoms with Crippen LogP contribution in [0.3, 0.4) is 0 Å². The summed E-state index contributed by atoms with van der Waals surface area (Å²) >= 11 is 0. The topological polar surface area (TPSA) is 87.6 Å². The van der Waals surface area contributed by atoms with Gasteiger partial charge in [-0.1, -0.05) is 47.6 Å². The molecule has 0 saturated carbocycles. The number of rotatable bonds is 7. The van der Waals surface area contributed by atoms with Crippen LogP contribution >= 0.6 is 0 Å². The van der Waals surface area contributed by atoms with Crippen molar-refractivity contribution in [1.82, 2.24) is 5.16 Å². The van der Waals surface area contributed by atoms with Gasteiger partial charge >= 0.3 is 5.69 Å². The molecule has 138 valence electrons. The van der Waals surface area contributed by atoms with Gasteiger partial charge in [0.1, 0.15) is 6.61 Å². The van der Waals surface area contributed by atoms with Crippen molar-refractivity contribution in [2.75, 3.05) is 7.11 Å². The van der Waals surface area contributed by atoms with E-state index in [-0.39, 0.29) is 17.1 Å². The van der Waals surface area contributed by atoms with Gasteiger partial charge in [0.05, 0.1) is 12.0 Å². The SMILES string of the molecule is COc1cc(/C=C\c2onc(C)c2[N+](=O)[O-])ccc1OCc1ccccc1. The first-order valence-corrected chi connectivity index (χ1v) is 8.22. The minimum atomic E-state index is -0.507. The number of hydrogen-bond acceptors (Lipinski definition) is 6. The summed E-state index contributed by atoms with van der Waals surface area (Å²) in [5, 5.41) is 14.7. The summed E-state index contributed by atoms with van der Waals surface area (Å²) in [5.74, 6) is 1.28. The van der Waals surface area contributed by atoms with E-state index in [1.807, 2.05) is 36.4 Å². The molecule has 0 fully saturated rings. The second-order valence-electron chi connectivity index (χ2n) is 5.76. The smallest absolute Gasteiger partial charge is 0.338 e. The lowest BCUT2D eigenvalue weighted by molar-refractivity contribution is -0.386. The summed E-state index contributed by atoms with van der Waals surface area (Å²) in [6.07, 6.45) is 3.20. The van der Waals surface area contributed by atoms with Crippen LogP contribution in [-0.2, 0) is 6.61 Å². The molecule has 0 aliphatic heterocycles. The van der Waals surface area contributed by atoms with Crippen molar-refractivity contribution in [3.05, 3.63) is 81.2 Å². The Morgan fingerprint density at radius 1 is 1.15 bits per heavy atom. The minimum absolute atomic E-state index is 0.0980. The Morgan fingerprint density at radius 3 is 2.63 bits per heavy atom. The molecule has 3 aromatic rings. The predicted molar refractivity (Wildman–Crippen MR) is 101 cm³/mol. The third kappa shape index (κ3) is 4.33. The average molecular weight is 366 g/mol. The standard InChI is InChI=1S/C20H18N2O5/c1-14-20(22(23)24)18(27-21-14)11-9-15-8-10-17(19(12-15)25-2)26-13-16-6-4-3-5-7-16/h3-12H,13H2,1-2H3/b11-9-. The van der Waals surface area contributed by atoms with E-state index in [9.17, 15) is 10.1 Å². The fourth-order valence-corrected chi connectivity index (χ4v) is 2.53. The molecule has 2 aromatic carbocycles. The van der Waals surface area contributed by atoms with E-state index in [1.165, 1.54) is 13.0 Å². The number of methoxy groups -OCH3 is 1. The fourth-order valence-electron chi connectivity index (χ4n) is 2.53. The van der Waals surface area contributed by atoms with Crippen molar-refractivity contribution in [2.24, 2.45) is 0 Å². The molecule has 27 heavy (non-hydrogen) atoms. The van der Waals surface area contributed by atoms with E-state index in [4.69, 9.17) is 14.0 Å². The van der Waals surface area contributed by atoms with Crippen LogP contribution in [0.4, 0.5) is 5.69 Å². The Kier molecular flexibility index (Phi) is 5.51. The zero-order chi connectivity index (χ0) is 19.2. The van der Waals surface area contributed by atoms with Gasteiger partial charge in [0.2, 0.25) is 5.76 Å². The molecular weight excluding hydrogens is 348 g/mol. The van der Waals surface area contributed by atoms with Crippen LogP contribution in [0.15, 0.2) is 53.1 Å². The summed E-state index contributed by atoms with van der Waals surface area (Å²) in [7, 11) is 1.56. The maximum absolute atomic E-state index is 11.1. The molecule has 0 spiro atoms. The Balaban J connectivity index is 1.77. The highest BCUT2D eigenvalue weighted by Crippen LogP contribution is 2.30. The van der Waals surface area contributed by atoms with Gasteiger partial charge in [-0.25, -0.2) is 0 Å². The van der Waals surface area contributed by atoms with Gasteiger partial charge in [-0.3, -0.25) is 10.1 Å². The number of benzene rings is 2. The van der Waals surface area contributed by atoms with Crippen LogP contribution in [0.1, 0.15) is 22.6 Å². The first-order valence-electron chi connectivity index (χ1n) is 8.22. The van der Waals surface area contributed by atoms with Crippen LogP contribution in [-0.4, -0.2) is 17.2 Å². The molecule has 0 atom stereocenters. The predicted octanol–water partition coefficient (Wildman–Crippen LogP) is 4.65. The van der Waals surface area contributed by atoms with E-state index in [0.717, 1.165) is 11.1 Å². The van der Waals surface area contributed by atoms with Gasteiger partial charge in [0.25, 0.3) is 0 Å². The van der Waals surface area contributed by atoms with Crippen molar-refractivity contribution in [3.8, 4) is 11.5 Å². The van der Waals surface area contributed by atoms with E-state index in [2.05, 4.69) is 5.16 Å². The second kappa shape index (κ2) is 8.18. The highest BCUT2D eigenvalue weighted by molar-refractivity contribution is 5.72. The average Bonchev–Trinajstić information content (AvgIpc) is 3.06. The van der Waals surface area contributed by atoms with Gasteiger partial charge in [0.15, 0.2) is 17.2 Å². The lowest BCUT2D eigenvalue weighted by Gasteiger charge is -2.11. The van der Waals surface area contributed by atoms with Crippen LogP contribution in [0, 0.1) is 17.0 Å². The summed E-state index contributed by atoms with van der Waals surface area (Å²) in [6.45, 7) is 1.96. The molecule has 0 N–H and O–H groups in total. The first kappa shape index (κ1) is 18.2. The zero-order valence-electron chi connectivity index (χ0n) is 14.9. The van der Waals surface area contributed by atoms with E-state index < -0.39 is 4.92 Å². The lowest BCUT2D eigenvalue weighted by Crippen LogP contribution is -1.97. The van der Waals surface area contributed by atoms with Crippen LogP contribution in [0.25, 0.3) is 12.2 Å². The van der Waals surface area contributed by atoms with Crippen LogP contribution in [0.5, 0.6) is 11.5 Å². The molecule has 0 aliphatic rings. The van der Waals surface area contributed by atoms with E-state index >= 15 is 0 Å². The Morgan fingerprint density at radius 2 is 1.93 bits per heavy atom. The number of aryl methyl sites for hydroxylation is 1. The number of aromatic nitrogens is 1. The molecule has 3 rings (SSSR count). The lowest BCUT2D eigenvalue weighted by atomic mass is 10.1. The van der Waals surface area contributed by atoms with Crippen LogP contribution < -0.4 is 9.47 Å². The molecule has 0 bridgehead atoms. The monoisotopic (exact) mass is 366 g/mol. The molecule has 1 heterocycles. The van der Waals surface area contributed by atoms with Crippen molar-refractivity contribution < 1.29 is 18.9 Å². The van der Waals surface area contributed by atoms with Gasteiger partial charge < -0.3 is 14.0 Å². The minimum Gasteiger partial charge on any atom is -0.493 e. The maximum atomic E-state index is 11.1. The largest absolute Gasteiger partial charge is 0.493 e. The first-order chi connectivity index (χ1) is 13.1. The van der Waals surface area contributed by atoms with Crippen molar-refractivity contribution in [3.63, 3.8) is 0 Å². The molecule has 7 nitrogen and oxygen atoms in total. The van der Waals surface area contributed by atoms with Gasteiger partial charge in [-0.15, -0.1) is 0 Å². The number of ether oxygens (including phenoxy) is 2. The third-order valence-electron chi connectivity index (χ3n) is 3.89. The van der Waals surface area contributed by atoms with Crippen molar-refractivity contribution >= 4 is 17.8 Å². The van der Waals surface area contributed by atoms with E-state index in [0.29, 0.717) is 18.1 Å². The van der Waals surface area contributed by atoms with Crippen LogP contribution in [0.2, 0.25) is 0 Å². The number of nitro groups is 1. The van der Waals surface area contributed by atoms with E-state index in [1.54, 1.807) is 25.3 Å². The molecule has 0 radical (unpaired) electrons. The fraction of sp³-hybridized carbons (Fsp3) is 0.150. The Labute approximate surface area is 156 Å². The quantitative estimate of drug-likeness (QED) is 0.447. The molecule has 1 aromatic heterocycles. The summed E-state index contributed by atoms with van der Waals surface area (Å²) in [4.78, 5) is 10.6. The molecule has 0 aliphatic carbocycles. The van der Waals surface area contributed by atoms with Gasteiger partial charge in [-0.05, 0) is 36.3 Å². The number of hydrogen-bond donors (Lipinski definition) is 0. The second-order valence-corrected chi connectivity index (χ2v) is 5.76. The number of nitrogens with zero attached hydrogens (tertiary/aromatic N) is 2. The third-order valence-corrected chi connectivity index (χ3v) is 3.89. The molecule has 7 heteroatoms. The summed E-state index contributed by atoms with van der Waals surface area (Å²) in [6, 6.07) is 15.2. The molecular formula is C20H18N2O5. The molecule has 0 saturated heterocycles. The zero-order valence-corrected chi connectivity index (χ0v) is 14.9. The summed E-state index contributed by atoms with van der Waals surface area (Å²) in [5.41, 5.74) is 1.93. The van der Waals surface area contributed by atoms with Crippen molar-refractivity contribution in [1.29, 1.82) is 0 Å². The normalized spacial score (nSPS) is 10.9. The Hall–Kier alpha value is -3.61. The Bertz CT molecular complexity index is 964. The maximum Gasteiger partial charge on any atom is 0.338 e. The van der Waals surface area contributed by atoms with Gasteiger partial charge in [-0.2, -0.15) is 0 Å². The summed E-state index contributed by atoms with van der Waals surface area (Å²) < 4.78 is 16.2. The van der Waals surface area contributed by atoms with Crippen molar-refractivity contribution in [2.45, 2.75) is 13.5 Å².